The van der Waals surface area contributed by atoms with E-state index in [9.17, 15) is 15.0 Å². The van der Waals surface area contributed by atoms with Gasteiger partial charge in [0, 0.05) is 18.3 Å². The van der Waals surface area contributed by atoms with Gasteiger partial charge in [-0.1, -0.05) is 39.3 Å². The van der Waals surface area contributed by atoms with Crippen molar-refractivity contribution in [1.29, 1.82) is 0 Å². The quantitative estimate of drug-likeness (QED) is 0.766. The highest BCUT2D eigenvalue weighted by Crippen LogP contribution is 2.63. The van der Waals surface area contributed by atoms with Crippen LogP contribution in [0.25, 0.3) is 0 Å². The Hall–Kier alpha value is -0.670. The van der Waals surface area contributed by atoms with E-state index in [4.69, 9.17) is 0 Å². The maximum Gasteiger partial charge on any atom is 0.134 e. The third-order valence-corrected chi connectivity index (χ3v) is 7.36. The second kappa shape index (κ2) is 5.42. The molecule has 0 spiro atoms. The third-order valence-electron chi connectivity index (χ3n) is 7.36. The van der Waals surface area contributed by atoms with E-state index >= 15 is 0 Å². The molecule has 2 fully saturated rings. The molecule has 3 aliphatic carbocycles. The summed E-state index contributed by atoms with van der Waals surface area (Å²) in [6.45, 7) is 8.74. The Balaban J connectivity index is 1.96. The molecule has 23 heavy (non-hydrogen) atoms. The van der Waals surface area contributed by atoms with Gasteiger partial charge in [-0.05, 0) is 48.3 Å². The Morgan fingerprint density at radius 3 is 2.57 bits per heavy atom. The minimum absolute atomic E-state index is 0.0639. The fourth-order valence-corrected chi connectivity index (χ4v) is 6.24. The van der Waals surface area contributed by atoms with Gasteiger partial charge in [0.25, 0.3) is 0 Å². The SMILES string of the molecule is CC1(C)CC(=O)C[C@@]2(C)[C@@H]3CC[C@](C)(C(O)CO)C=C3CC[C@H]12. The van der Waals surface area contributed by atoms with E-state index in [2.05, 4.69) is 33.8 Å². The summed E-state index contributed by atoms with van der Waals surface area (Å²) in [5, 5.41) is 19.6. The minimum atomic E-state index is -0.689. The Kier molecular flexibility index (Phi) is 4.04. The van der Waals surface area contributed by atoms with Crippen LogP contribution in [0.3, 0.4) is 0 Å². The van der Waals surface area contributed by atoms with Gasteiger partial charge < -0.3 is 10.2 Å². The van der Waals surface area contributed by atoms with E-state index < -0.39 is 6.10 Å². The molecule has 0 amide bonds. The average molecular weight is 320 g/mol. The number of allylic oxidation sites excluding steroid dienone is 1. The summed E-state index contributed by atoms with van der Waals surface area (Å²) in [4.78, 5) is 12.4. The lowest BCUT2D eigenvalue weighted by molar-refractivity contribution is -0.139. The molecule has 2 N–H and O–H groups in total. The van der Waals surface area contributed by atoms with Crippen LogP contribution in [-0.4, -0.2) is 28.7 Å². The van der Waals surface area contributed by atoms with Gasteiger partial charge >= 0.3 is 0 Å². The number of hydrogen-bond donors (Lipinski definition) is 2. The molecule has 3 heteroatoms. The fraction of sp³-hybridized carbons (Fsp3) is 0.850. The zero-order valence-electron chi connectivity index (χ0n) is 15.1. The number of carbonyl (C=O) groups excluding carboxylic acids is 1. The van der Waals surface area contributed by atoms with Crippen LogP contribution < -0.4 is 0 Å². The topological polar surface area (TPSA) is 57.5 Å². The van der Waals surface area contributed by atoms with Crippen LogP contribution >= 0.6 is 0 Å². The van der Waals surface area contributed by atoms with E-state index in [0.717, 1.165) is 32.1 Å². The van der Waals surface area contributed by atoms with Crippen molar-refractivity contribution < 1.29 is 15.0 Å². The molecule has 0 bridgehead atoms. The highest BCUT2D eigenvalue weighted by atomic mass is 16.3. The molecule has 0 aromatic rings. The number of aliphatic hydroxyl groups is 2. The van der Waals surface area contributed by atoms with E-state index in [0.29, 0.717) is 24.0 Å². The molecule has 0 aliphatic heterocycles. The van der Waals surface area contributed by atoms with Gasteiger partial charge in [0.2, 0.25) is 0 Å². The van der Waals surface area contributed by atoms with E-state index in [1.807, 2.05) is 0 Å². The zero-order valence-corrected chi connectivity index (χ0v) is 15.1. The smallest absolute Gasteiger partial charge is 0.134 e. The Morgan fingerprint density at radius 2 is 1.91 bits per heavy atom. The Labute approximate surface area is 140 Å². The van der Waals surface area contributed by atoms with Crippen LogP contribution in [-0.2, 0) is 4.79 Å². The van der Waals surface area contributed by atoms with E-state index in [1.165, 1.54) is 5.57 Å². The van der Waals surface area contributed by atoms with Crippen molar-refractivity contribution in [2.75, 3.05) is 6.61 Å². The lowest BCUT2D eigenvalue weighted by Crippen LogP contribution is -2.53. The summed E-state index contributed by atoms with van der Waals surface area (Å²) in [5.41, 5.74) is 1.27. The summed E-state index contributed by atoms with van der Waals surface area (Å²) in [5.74, 6) is 1.48. The lowest BCUT2D eigenvalue weighted by Gasteiger charge is -2.59. The number of aliphatic hydroxyl groups excluding tert-OH is 2. The van der Waals surface area contributed by atoms with Gasteiger partial charge in [-0.15, -0.1) is 0 Å². The summed E-state index contributed by atoms with van der Waals surface area (Å²) >= 11 is 0. The molecule has 0 aromatic carbocycles. The molecule has 0 aromatic heterocycles. The average Bonchev–Trinajstić information content (AvgIpc) is 2.43. The molecule has 3 aliphatic rings. The van der Waals surface area contributed by atoms with Gasteiger partial charge in [-0.3, -0.25) is 4.79 Å². The normalized spacial score (nSPS) is 44.1. The maximum atomic E-state index is 12.4. The van der Waals surface area contributed by atoms with Crippen molar-refractivity contribution >= 4 is 5.78 Å². The van der Waals surface area contributed by atoms with Crippen molar-refractivity contribution in [3.63, 3.8) is 0 Å². The number of ketones is 1. The maximum absolute atomic E-state index is 12.4. The molecule has 130 valence electrons. The Bertz CT molecular complexity index is 535. The summed E-state index contributed by atoms with van der Waals surface area (Å²) < 4.78 is 0. The molecule has 1 unspecified atom stereocenters. The van der Waals surface area contributed by atoms with Crippen LogP contribution in [0, 0.1) is 28.1 Å². The second-order valence-corrected chi connectivity index (χ2v) is 9.49. The molecule has 3 nitrogen and oxygen atoms in total. The fourth-order valence-electron chi connectivity index (χ4n) is 6.24. The van der Waals surface area contributed by atoms with Crippen LogP contribution in [0.1, 0.15) is 66.2 Å². The number of carbonyl (C=O) groups is 1. The highest BCUT2D eigenvalue weighted by molar-refractivity contribution is 5.81. The van der Waals surface area contributed by atoms with Gasteiger partial charge in [0.15, 0.2) is 0 Å². The van der Waals surface area contributed by atoms with Gasteiger partial charge in [-0.25, -0.2) is 0 Å². The zero-order chi connectivity index (χ0) is 17.0. The predicted molar refractivity (Wildman–Crippen MR) is 90.9 cm³/mol. The standard InChI is InChI=1S/C20H32O3/c1-18(2)10-14(22)11-20(4)15-7-8-19(3,17(23)12-21)9-13(15)5-6-16(18)20/h9,15-17,21,23H,5-8,10-12H2,1-4H3/t15-,16-,17?,19+,20+/m1/s1. The Morgan fingerprint density at radius 1 is 1.22 bits per heavy atom. The van der Waals surface area contributed by atoms with Crippen molar-refractivity contribution in [2.24, 2.45) is 28.1 Å². The number of hydrogen-bond acceptors (Lipinski definition) is 3. The third kappa shape index (κ3) is 2.60. The minimum Gasteiger partial charge on any atom is -0.394 e. The predicted octanol–water partition coefficient (Wildman–Crippen LogP) is 3.49. The summed E-state index contributed by atoms with van der Waals surface area (Å²) in [6, 6.07) is 0. The van der Waals surface area contributed by atoms with Crippen molar-refractivity contribution in [3.05, 3.63) is 11.6 Å². The largest absolute Gasteiger partial charge is 0.394 e. The van der Waals surface area contributed by atoms with E-state index in [1.54, 1.807) is 0 Å². The van der Waals surface area contributed by atoms with Crippen LogP contribution in [0.5, 0.6) is 0 Å². The molecule has 0 radical (unpaired) electrons. The molecule has 2 saturated carbocycles. The van der Waals surface area contributed by atoms with Crippen LogP contribution in [0.15, 0.2) is 11.6 Å². The first-order valence-corrected chi connectivity index (χ1v) is 9.15. The van der Waals surface area contributed by atoms with Crippen LogP contribution in [0.2, 0.25) is 0 Å². The van der Waals surface area contributed by atoms with Crippen molar-refractivity contribution in [3.8, 4) is 0 Å². The summed E-state index contributed by atoms with van der Waals surface area (Å²) in [6.07, 6.45) is 7.12. The second-order valence-electron chi connectivity index (χ2n) is 9.49. The molecular weight excluding hydrogens is 288 g/mol. The number of Topliss-reactive ketones (excluding diaryl/α,β-unsaturated/α-hetero) is 1. The first kappa shape index (κ1) is 17.2. The number of rotatable bonds is 2. The molecule has 0 saturated heterocycles. The first-order chi connectivity index (χ1) is 10.6. The lowest BCUT2D eigenvalue weighted by atomic mass is 9.45. The molecule has 3 rings (SSSR count). The summed E-state index contributed by atoms with van der Waals surface area (Å²) in [7, 11) is 0. The van der Waals surface area contributed by atoms with E-state index in [-0.39, 0.29) is 22.9 Å². The molecule has 0 heterocycles. The first-order valence-electron chi connectivity index (χ1n) is 9.15. The highest BCUT2D eigenvalue weighted by Gasteiger charge is 2.56. The van der Waals surface area contributed by atoms with Gasteiger partial charge in [-0.2, -0.15) is 0 Å². The molecule has 5 atom stereocenters. The van der Waals surface area contributed by atoms with Gasteiger partial charge in [0.05, 0.1) is 12.7 Å². The van der Waals surface area contributed by atoms with Crippen molar-refractivity contribution in [2.45, 2.75) is 72.3 Å². The monoisotopic (exact) mass is 320 g/mol. The number of fused-ring (bicyclic) bond motifs is 3. The van der Waals surface area contributed by atoms with Crippen LogP contribution in [0.4, 0.5) is 0 Å². The molecular formula is C20H32O3. The van der Waals surface area contributed by atoms with Crippen molar-refractivity contribution in [1.82, 2.24) is 0 Å². The van der Waals surface area contributed by atoms with Gasteiger partial charge in [0.1, 0.15) is 5.78 Å².